The first-order valence-corrected chi connectivity index (χ1v) is 19.9. The van der Waals surface area contributed by atoms with Crippen molar-refractivity contribution in [2.24, 2.45) is 0 Å². The summed E-state index contributed by atoms with van der Waals surface area (Å²) < 4.78 is 28.2. The molecule has 1 N–H and O–H groups in total. The fourth-order valence-corrected chi connectivity index (χ4v) is 7.19. The lowest BCUT2D eigenvalue weighted by molar-refractivity contribution is -0.121. The molecular weight excluding hydrogens is 775 g/mol. The number of pyridine rings is 3. The number of methoxy groups -OCH3 is 4. The van der Waals surface area contributed by atoms with Crippen LogP contribution >= 0.6 is 0 Å². The summed E-state index contributed by atoms with van der Waals surface area (Å²) in [5.74, 6) is 3.87. The summed E-state index contributed by atoms with van der Waals surface area (Å²) in [5, 5.41) is 5.18. The van der Waals surface area contributed by atoms with E-state index in [4.69, 9.17) is 33.7 Å². The molecule has 3 aromatic heterocycles. The molecule has 316 valence electrons. The van der Waals surface area contributed by atoms with Crippen LogP contribution in [0.3, 0.4) is 0 Å². The summed E-state index contributed by atoms with van der Waals surface area (Å²) in [7, 11) is 6.56. The Balaban J connectivity index is 1.24. The van der Waals surface area contributed by atoms with E-state index in [9.17, 15) is 9.59 Å². The molecule has 3 aromatic carbocycles. The Kier molecular flexibility index (Phi) is 12.4. The maximum Gasteiger partial charge on any atom is 0.410 e. The summed E-state index contributed by atoms with van der Waals surface area (Å²) in [6.45, 7) is 8.99. The number of rotatable bonds is 13. The maximum absolute atomic E-state index is 13.1. The van der Waals surface area contributed by atoms with Gasteiger partial charge in [0.25, 0.3) is 0 Å². The lowest BCUT2D eigenvalue weighted by Crippen LogP contribution is -2.53. The molecule has 1 saturated heterocycles. The molecule has 4 heterocycles. The quantitative estimate of drug-likeness (QED) is 0.119. The Morgan fingerprint density at radius 1 is 0.803 bits per heavy atom. The zero-order chi connectivity index (χ0) is 43.3. The average Bonchev–Trinajstić information content (AvgIpc) is 3.25. The van der Waals surface area contributed by atoms with Gasteiger partial charge in [0.15, 0.2) is 0 Å². The fraction of sp³-hybridized carbons (Fsp3) is 0.298. The van der Waals surface area contributed by atoms with Crippen molar-refractivity contribution >= 4 is 45.8 Å². The maximum atomic E-state index is 13.1. The lowest BCUT2D eigenvalue weighted by Gasteiger charge is -2.35. The van der Waals surface area contributed by atoms with Gasteiger partial charge < -0.3 is 38.8 Å². The lowest BCUT2D eigenvalue weighted by atomic mass is 10.0. The predicted octanol–water partition coefficient (Wildman–Crippen LogP) is 8.57. The molecular formula is C47H51N7O7. The Morgan fingerprint density at radius 2 is 1.46 bits per heavy atom. The molecule has 0 saturated carbocycles. The number of hydrogen-bond acceptors (Lipinski definition) is 12. The highest BCUT2D eigenvalue weighted by atomic mass is 16.6. The average molecular weight is 826 g/mol. The number of benzene rings is 3. The van der Waals surface area contributed by atoms with Crippen LogP contribution in [-0.2, 0) is 22.6 Å². The van der Waals surface area contributed by atoms with Gasteiger partial charge in [-0.05, 0) is 105 Å². The Morgan fingerprint density at radius 3 is 2.03 bits per heavy atom. The number of anilines is 4. The van der Waals surface area contributed by atoms with E-state index in [1.54, 1.807) is 60.3 Å². The highest BCUT2D eigenvalue weighted by Gasteiger charge is 2.31. The highest BCUT2D eigenvalue weighted by Crippen LogP contribution is 2.37. The van der Waals surface area contributed by atoms with Gasteiger partial charge in [-0.1, -0.05) is 0 Å². The smallest absolute Gasteiger partial charge is 0.410 e. The van der Waals surface area contributed by atoms with Crippen LogP contribution in [0.4, 0.5) is 27.8 Å². The van der Waals surface area contributed by atoms with Gasteiger partial charge in [-0.3, -0.25) is 14.7 Å². The third-order valence-corrected chi connectivity index (χ3v) is 10.3. The summed E-state index contributed by atoms with van der Waals surface area (Å²) in [6, 6.07) is 25.2. The second-order valence-electron chi connectivity index (χ2n) is 15.6. The van der Waals surface area contributed by atoms with Crippen molar-refractivity contribution in [2.45, 2.75) is 46.4 Å². The Labute approximate surface area is 356 Å². The first-order chi connectivity index (χ1) is 29.4. The topological polar surface area (TPSA) is 141 Å². The van der Waals surface area contributed by atoms with Gasteiger partial charge in [0.1, 0.15) is 46.8 Å². The number of carbonyl (C=O) groups excluding carboxylic acids is 2. The van der Waals surface area contributed by atoms with Crippen molar-refractivity contribution in [3.05, 3.63) is 114 Å². The number of piperazine rings is 1. The number of nitrogens with one attached hydrogen (secondary N) is 1. The number of hydrogen-bond donors (Lipinski definition) is 1. The van der Waals surface area contributed by atoms with Gasteiger partial charge in [-0.15, -0.1) is 0 Å². The van der Waals surface area contributed by atoms with E-state index in [1.807, 2.05) is 92.1 Å². The summed E-state index contributed by atoms with van der Waals surface area (Å²) in [5.41, 5.74) is 5.42. The molecule has 0 unspecified atom stereocenters. The molecule has 1 aliphatic heterocycles. The summed E-state index contributed by atoms with van der Waals surface area (Å²) >= 11 is 0. The molecule has 1 fully saturated rings. The number of ether oxygens (including phenoxy) is 5. The van der Waals surface area contributed by atoms with Crippen molar-refractivity contribution < 1.29 is 33.3 Å². The van der Waals surface area contributed by atoms with Crippen LogP contribution in [0, 0.1) is 6.92 Å². The van der Waals surface area contributed by atoms with Gasteiger partial charge in [-0.2, -0.15) is 0 Å². The first kappa shape index (κ1) is 42.0. The van der Waals surface area contributed by atoms with E-state index in [0.29, 0.717) is 60.8 Å². The number of fused-ring (bicyclic) bond motifs is 1. The molecule has 61 heavy (non-hydrogen) atoms. The summed E-state index contributed by atoms with van der Waals surface area (Å²) in [4.78, 5) is 45.7. The van der Waals surface area contributed by atoms with Gasteiger partial charge in [0, 0.05) is 90.4 Å². The predicted molar refractivity (Wildman–Crippen MR) is 236 cm³/mol. The molecule has 2 amide bonds. The molecule has 0 atom stereocenters. The van der Waals surface area contributed by atoms with E-state index in [2.05, 4.69) is 21.3 Å². The second kappa shape index (κ2) is 18.0. The minimum Gasteiger partial charge on any atom is -0.497 e. The van der Waals surface area contributed by atoms with Gasteiger partial charge >= 0.3 is 6.09 Å². The molecule has 14 nitrogen and oxygen atoms in total. The molecule has 0 spiro atoms. The van der Waals surface area contributed by atoms with Crippen molar-refractivity contribution in [3.63, 3.8) is 0 Å². The highest BCUT2D eigenvalue weighted by molar-refractivity contribution is 5.98. The van der Waals surface area contributed by atoms with Crippen molar-refractivity contribution in [3.8, 4) is 34.3 Å². The van der Waals surface area contributed by atoms with Crippen LogP contribution in [0.1, 0.15) is 37.5 Å². The molecule has 0 bridgehead atoms. The standard InChI is InChI=1S/C47H51N7O7/c1-30-17-18-48-25-38(30)40-21-33-22-43(50-34-11-13-35(14-12-34)54-20-19-52(29-44(54)55)46(56)61-47(2,3)4)49-26-39(33)45(51-40)53(27-31-9-15-36(57-5)23-41(31)59-7)28-32-10-16-37(58-6)24-42(32)60-8/h9-18,21-26H,19-20,27-29H2,1-8H3,(H,49,50). The van der Waals surface area contributed by atoms with Crippen LogP contribution < -0.4 is 34.1 Å². The van der Waals surface area contributed by atoms with Gasteiger partial charge in [0.05, 0.1) is 34.1 Å². The fourth-order valence-electron chi connectivity index (χ4n) is 7.19. The molecule has 14 heteroatoms. The first-order valence-electron chi connectivity index (χ1n) is 19.9. The van der Waals surface area contributed by atoms with Crippen LogP contribution in [0.25, 0.3) is 22.0 Å². The minimum atomic E-state index is -0.640. The van der Waals surface area contributed by atoms with Crippen molar-refractivity contribution in [1.82, 2.24) is 19.9 Å². The monoisotopic (exact) mass is 825 g/mol. The van der Waals surface area contributed by atoms with E-state index in [-0.39, 0.29) is 12.5 Å². The second-order valence-corrected chi connectivity index (χ2v) is 15.6. The van der Waals surface area contributed by atoms with Crippen LogP contribution in [0.2, 0.25) is 0 Å². The molecule has 7 rings (SSSR count). The molecule has 0 radical (unpaired) electrons. The Hall–Kier alpha value is -7.09. The van der Waals surface area contributed by atoms with Crippen LogP contribution in [-0.4, -0.2) is 85.5 Å². The zero-order valence-electron chi connectivity index (χ0n) is 35.8. The van der Waals surface area contributed by atoms with Gasteiger partial charge in [-0.25, -0.2) is 14.8 Å². The normalized spacial score (nSPS) is 12.9. The zero-order valence-corrected chi connectivity index (χ0v) is 35.8. The third kappa shape index (κ3) is 9.70. The number of aryl methyl sites for hydroxylation is 1. The van der Waals surface area contributed by atoms with Gasteiger partial charge in [0.2, 0.25) is 5.91 Å². The van der Waals surface area contributed by atoms with E-state index in [0.717, 1.165) is 50.1 Å². The van der Waals surface area contributed by atoms with Crippen molar-refractivity contribution in [2.75, 3.05) is 63.2 Å². The molecule has 0 aliphatic carbocycles. The number of carbonyl (C=O) groups is 2. The number of aromatic nitrogens is 3. The SMILES string of the molecule is COc1ccc(CN(Cc2ccc(OC)cc2OC)c2nc(-c3cnccc3C)cc3cc(Nc4ccc(N5CCN(C(=O)OC(C)(C)C)CC5=O)cc4)ncc23)c(OC)c1. The van der Waals surface area contributed by atoms with E-state index < -0.39 is 11.7 Å². The largest absolute Gasteiger partial charge is 0.497 e. The number of amides is 2. The third-order valence-electron chi connectivity index (χ3n) is 10.3. The van der Waals surface area contributed by atoms with E-state index >= 15 is 0 Å². The summed E-state index contributed by atoms with van der Waals surface area (Å²) in [6.07, 6.45) is 4.95. The minimum absolute atomic E-state index is 0.0496. The molecule has 1 aliphatic rings. The Bertz CT molecular complexity index is 2480. The number of nitrogens with zero attached hydrogens (tertiary/aromatic N) is 6. The van der Waals surface area contributed by atoms with Crippen LogP contribution in [0.15, 0.2) is 97.5 Å². The van der Waals surface area contributed by atoms with E-state index in [1.165, 1.54) is 4.90 Å². The van der Waals surface area contributed by atoms with Crippen LogP contribution in [0.5, 0.6) is 23.0 Å². The van der Waals surface area contributed by atoms with Crippen molar-refractivity contribution in [1.29, 1.82) is 0 Å². The molecule has 6 aromatic rings.